The molecular formula is C14H23N3O2S. The molecule has 0 saturated heterocycles. The van der Waals surface area contributed by atoms with Crippen LogP contribution in [0.5, 0.6) is 0 Å². The number of nitrogens with one attached hydrogen (secondary N) is 1. The summed E-state index contributed by atoms with van der Waals surface area (Å²) in [5.41, 5.74) is -0.690. The maximum atomic E-state index is 12.5. The van der Waals surface area contributed by atoms with Gasteiger partial charge in [0, 0.05) is 0 Å². The van der Waals surface area contributed by atoms with E-state index in [2.05, 4.69) is 15.3 Å². The van der Waals surface area contributed by atoms with E-state index in [0.717, 1.165) is 0 Å². The van der Waals surface area contributed by atoms with Crippen molar-refractivity contribution in [2.75, 3.05) is 6.26 Å². The number of carbonyl (C=O) groups excluding carboxylic acids is 1. The van der Waals surface area contributed by atoms with E-state index in [0.29, 0.717) is 22.1 Å². The molecule has 0 atom stereocenters. The van der Waals surface area contributed by atoms with E-state index >= 15 is 0 Å². The number of thioether (sulfide) groups is 1. The van der Waals surface area contributed by atoms with Gasteiger partial charge in [-0.1, -0.05) is 0 Å². The van der Waals surface area contributed by atoms with E-state index in [9.17, 15) is 9.90 Å². The highest BCUT2D eigenvalue weighted by atomic mass is 32.2. The predicted octanol–water partition coefficient (Wildman–Crippen LogP) is 2.09. The molecule has 0 aliphatic carbocycles. The number of hydrogen-bond donors (Lipinski definition) is 2. The summed E-state index contributed by atoms with van der Waals surface area (Å²) in [5.74, 6) is 0.379. The number of aliphatic hydroxyl groups is 1. The lowest BCUT2D eigenvalue weighted by Gasteiger charge is -2.38. The molecule has 0 fully saturated rings. The first-order chi connectivity index (χ1) is 8.99. The zero-order chi connectivity index (χ0) is 15.7. The number of nitrogens with zero attached hydrogens (tertiary/aromatic N) is 2. The molecule has 0 aliphatic heterocycles. The van der Waals surface area contributed by atoms with Crippen LogP contribution in [0, 0.1) is 13.8 Å². The van der Waals surface area contributed by atoms with Crippen LogP contribution < -0.4 is 5.32 Å². The standard InChI is InChI=1S/C14H23N3O2S/c1-8-10(12(20-7)16-9(2)15-8)11(18)17-13(3,4)14(5,6)19/h19H,1-7H3,(H,17,18). The molecule has 5 nitrogen and oxygen atoms in total. The summed E-state index contributed by atoms with van der Waals surface area (Å²) >= 11 is 1.41. The Morgan fingerprint density at radius 2 is 1.75 bits per heavy atom. The minimum Gasteiger partial charge on any atom is -0.388 e. The number of carbonyl (C=O) groups is 1. The smallest absolute Gasteiger partial charge is 0.256 e. The quantitative estimate of drug-likeness (QED) is 0.657. The van der Waals surface area contributed by atoms with Gasteiger partial charge in [0.1, 0.15) is 10.9 Å². The van der Waals surface area contributed by atoms with Gasteiger partial charge in [0.05, 0.1) is 22.4 Å². The Morgan fingerprint density at radius 1 is 1.20 bits per heavy atom. The van der Waals surface area contributed by atoms with Gasteiger partial charge < -0.3 is 10.4 Å². The van der Waals surface area contributed by atoms with Crippen LogP contribution in [0.25, 0.3) is 0 Å². The van der Waals surface area contributed by atoms with Crippen LogP contribution in [0.1, 0.15) is 49.6 Å². The molecule has 0 spiro atoms. The van der Waals surface area contributed by atoms with Crippen molar-refractivity contribution >= 4 is 17.7 Å². The third-order valence-corrected chi connectivity index (χ3v) is 4.23. The van der Waals surface area contributed by atoms with Crippen molar-refractivity contribution in [3.63, 3.8) is 0 Å². The third-order valence-electron chi connectivity index (χ3n) is 3.54. The lowest BCUT2D eigenvalue weighted by atomic mass is 9.85. The second-order valence-electron chi connectivity index (χ2n) is 5.88. The Bertz CT molecular complexity index is 522. The third kappa shape index (κ3) is 3.49. The second-order valence-corrected chi connectivity index (χ2v) is 6.67. The topological polar surface area (TPSA) is 75.1 Å². The van der Waals surface area contributed by atoms with Gasteiger partial charge in [-0.05, 0) is 47.8 Å². The predicted molar refractivity (Wildman–Crippen MR) is 81.1 cm³/mol. The van der Waals surface area contributed by atoms with Crippen molar-refractivity contribution in [1.82, 2.24) is 15.3 Å². The minimum absolute atomic E-state index is 0.265. The Hall–Kier alpha value is -1.14. The molecule has 0 aliphatic rings. The molecule has 0 radical (unpaired) electrons. The molecule has 1 heterocycles. The maximum Gasteiger partial charge on any atom is 0.256 e. The van der Waals surface area contributed by atoms with Gasteiger partial charge in [-0.25, -0.2) is 9.97 Å². The summed E-state index contributed by atoms with van der Waals surface area (Å²) in [7, 11) is 0. The van der Waals surface area contributed by atoms with Crippen LogP contribution in [0.4, 0.5) is 0 Å². The van der Waals surface area contributed by atoms with Gasteiger partial charge in [0.2, 0.25) is 0 Å². The first-order valence-corrected chi connectivity index (χ1v) is 7.66. The number of aromatic nitrogens is 2. The van der Waals surface area contributed by atoms with Crippen molar-refractivity contribution in [1.29, 1.82) is 0 Å². The second kappa shape index (κ2) is 5.69. The highest BCUT2D eigenvalue weighted by Crippen LogP contribution is 2.24. The molecule has 2 N–H and O–H groups in total. The molecule has 1 rings (SSSR count). The van der Waals surface area contributed by atoms with Crippen LogP contribution in [-0.4, -0.2) is 38.4 Å². The average Bonchev–Trinajstić information content (AvgIpc) is 2.25. The SMILES string of the molecule is CSc1nc(C)nc(C)c1C(=O)NC(C)(C)C(C)(C)O. The van der Waals surface area contributed by atoms with Crippen molar-refractivity contribution in [2.45, 2.75) is 57.7 Å². The molecule has 1 aromatic heterocycles. The Kier molecular flexibility index (Phi) is 4.82. The summed E-state index contributed by atoms with van der Waals surface area (Å²) in [5, 5.41) is 13.6. The molecule has 0 bridgehead atoms. The van der Waals surface area contributed by atoms with E-state index in [1.807, 2.05) is 6.26 Å². The normalized spacial score (nSPS) is 12.4. The van der Waals surface area contributed by atoms with E-state index < -0.39 is 11.1 Å². The highest BCUT2D eigenvalue weighted by molar-refractivity contribution is 7.98. The van der Waals surface area contributed by atoms with Gasteiger partial charge in [-0.2, -0.15) is 0 Å². The van der Waals surface area contributed by atoms with Gasteiger partial charge in [0.25, 0.3) is 5.91 Å². The molecular weight excluding hydrogens is 274 g/mol. The molecule has 0 saturated carbocycles. The molecule has 1 aromatic rings. The van der Waals surface area contributed by atoms with Gasteiger partial charge in [-0.3, -0.25) is 4.79 Å². The summed E-state index contributed by atoms with van der Waals surface area (Å²) in [6.07, 6.45) is 1.87. The van der Waals surface area contributed by atoms with Crippen molar-refractivity contribution < 1.29 is 9.90 Å². The Labute approximate surface area is 124 Å². The first kappa shape index (κ1) is 16.9. The lowest BCUT2D eigenvalue weighted by Crippen LogP contribution is -2.57. The molecule has 20 heavy (non-hydrogen) atoms. The van der Waals surface area contributed by atoms with E-state index in [1.165, 1.54) is 11.8 Å². The van der Waals surface area contributed by atoms with E-state index in [1.54, 1.807) is 41.5 Å². The zero-order valence-electron chi connectivity index (χ0n) is 13.2. The fraction of sp³-hybridized carbons (Fsp3) is 0.643. The van der Waals surface area contributed by atoms with Gasteiger partial charge >= 0.3 is 0 Å². The zero-order valence-corrected chi connectivity index (χ0v) is 14.0. The fourth-order valence-corrected chi connectivity index (χ4v) is 2.26. The first-order valence-electron chi connectivity index (χ1n) is 6.43. The van der Waals surface area contributed by atoms with Gasteiger partial charge in [0.15, 0.2) is 0 Å². The Morgan fingerprint density at radius 3 is 2.20 bits per heavy atom. The minimum atomic E-state index is -1.04. The van der Waals surface area contributed by atoms with Crippen LogP contribution in [0.2, 0.25) is 0 Å². The highest BCUT2D eigenvalue weighted by Gasteiger charge is 2.37. The van der Waals surface area contributed by atoms with Crippen LogP contribution in [0.15, 0.2) is 5.03 Å². The summed E-state index contributed by atoms with van der Waals surface area (Å²) in [4.78, 5) is 21.0. The fourth-order valence-electron chi connectivity index (χ4n) is 1.59. The molecule has 0 unspecified atom stereocenters. The Balaban J connectivity index is 3.17. The number of aryl methyl sites for hydroxylation is 2. The largest absolute Gasteiger partial charge is 0.388 e. The molecule has 6 heteroatoms. The number of amides is 1. The van der Waals surface area contributed by atoms with Crippen LogP contribution in [-0.2, 0) is 0 Å². The van der Waals surface area contributed by atoms with Crippen molar-refractivity contribution in [3.05, 3.63) is 17.1 Å². The van der Waals surface area contributed by atoms with Crippen LogP contribution in [0.3, 0.4) is 0 Å². The van der Waals surface area contributed by atoms with Crippen molar-refractivity contribution in [2.24, 2.45) is 0 Å². The lowest BCUT2D eigenvalue weighted by molar-refractivity contribution is -0.00302. The number of rotatable bonds is 4. The molecule has 1 amide bonds. The van der Waals surface area contributed by atoms with Crippen LogP contribution >= 0.6 is 11.8 Å². The average molecular weight is 297 g/mol. The molecule has 0 aromatic carbocycles. The number of hydrogen-bond acceptors (Lipinski definition) is 5. The van der Waals surface area contributed by atoms with E-state index in [4.69, 9.17) is 0 Å². The van der Waals surface area contributed by atoms with Gasteiger partial charge in [-0.15, -0.1) is 11.8 Å². The monoisotopic (exact) mass is 297 g/mol. The van der Waals surface area contributed by atoms with E-state index in [-0.39, 0.29) is 5.91 Å². The molecule has 112 valence electrons. The summed E-state index contributed by atoms with van der Waals surface area (Å²) < 4.78 is 0. The van der Waals surface area contributed by atoms with Crippen molar-refractivity contribution in [3.8, 4) is 0 Å². The maximum absolute atomic E-state index is 12.5. The summed E-state index contributed by atoms with van der Waals surface area (Å²) in [6, 6.07) is 0. The summed E-state index contributed by atoms with van der Waals surface area (Å²) in [6.45, 7) is 10.5.